The third-order valence-electron chi connectivity index (χ3n) is 7.09. The highest BCUT2D eigenvalue weighted by molar-refractivity contribution is 6.31. The summed E-state index contributed by atoms with van der Waals surface area (Å²) in [7, 11) is 0. The lowest BCUT2D eigenvalue weighted by molar-refractivity contribution is -0.907. The molecule has 4 heteroatoms. The Labute approximate surface area is 252 Å². The second kappa shape index (κ2) is 18.6. The van der Waals surface area contributed by atoms with Crippen molar-refractivity contribution in [3.63, 3.8) is 0 Å². The maximum atomic E-state index is 6.43. The van der Waals surface area contributed by atoms with Gasteiger partial charge in [0.2, 0.25) is 0 Å². The van der Waals surface area contributed by atoms with Crippen LogP contribution in [0.4, 0.5) is 0 Å². The molecule has 3 aromatic carbocycles. The second-order valence-corrected chi connectivity index (χ2v) is 11.3. The van der Waals surface area contributed by atoms with Gasteiger partial charge in [-0.25, -0.2) is 0 Å². The lowest BCUT2D eigenvalue weighted by atomic mass is 10.1. The molecular weight excluding hydrogens is 531 g/mol. The highest BCUT2D eigenvalue weighted by Crippen LogP contribution is 2.14. The SMILES string of the molecule is CCCCC[NH+](CC#Cc1ccc(C#CC[NH+](CCCCC)Cc2ccccc2Cl)cc1)Cc1ccccc1Cl. The molecule has 0 amide bonds. The Balaban J connectivity index is 1.58. The van der Waals surface area contributed by atoms with Crippen LogP contribution in [-0.4, -0.2) is 26.2 Å². The van der Waals surface area contributed by atoms with Crippen molar-refractivity contribution in [2.75, 3.05) is 26.2 Å². The van der Waals surface area contributed by atoms with Crippen LogP contribution in [0.2, 0.25) is 10.0 Å². The van der Waals surface area contributed by atoms with Crippen LogP contribution in [0.1, 0.15) is 74.6 Å². The Bertz CT molecular complexity index is 1180. The van der Waals surface area contributed by atoms with Gasteiger partial charge in [-0.05, 0) is 73.9 Å². The monoisotopic (exact) mass is 574 g/mol. The molecule has 0 heterocycles. The van der Waals surface area contributed by atoms with Gasteiger partial charge in [0.25, 0.3) is 0 Å². The molecule has 0 radical (unpaired) electrons. The maximum absolute atomic E-state index is 6.43. The molecule has 0 fully saturated rings. The van der Waals surface area contributed by atoms with E-state index in [-0.39, 0.29) is 0 Å². The minimum absolute atomic E-state index is 0.804. The fourth-order valence-corrected chi connectivity index (χ4v) is 5.14. The minimum atomic E-state index is 0.804. The van der Waals surface area contributed by atoms with Crippen LogP contribution in [0.5, 0.6) is 0 Å². The van der Waals surface area contributed by atoms with Crippen molar-refractivity contribution in [1.29, 1.82) is 0 Å². The number of quaternary nitrogens is 2. The van der Waals surface area contributed by atoms with Crippen molar-refractivity contribution in [1.82, 2.24) is 0 Å². The van der Waals surface area contributed by atoms with E-state index in [1.807, 2.05) is 24.3 Å². The zero-order chi connectivity index (χ0) is 28.4. The van der Waals surface area contributed by atoms with Gasteiger partial charge in [0.1, 0.15) is 26.2 Å². The van der Waals surface area contributed by atoms with E-state index in [1.165, 1.54) is 59.5 Å². The van der Waals surface area contributed by atoms with E-state index in [9.17, 15) is 0 Å². The van der Waals surface area contributed by atoms with E-state index >= 15 is 0 Å². The molecule has 210 valence electrons. The molecular formula is C36H44Cl2N2+2. The minimum Gasteiger partial charge on any atom is -0.321 e. The Morgan fingerprint density at radius 3 is 1.32 bits per heavy atom. The molecule has 2 nitrogen and oxygen atoms in total. The van der Waals surface area contributed by atoms with Crippen LogP contribution in [0.15, 0.2) is 72.8 Å². The maximum Gasteiger partial charge on any atom is 0.140 e. The van der Waals surface area contributed by atoms with Crippen molar-refractivity contribution < 1.29 is 9.80 Å². The molecule has 40 heavy (non-hydrogen) atoms. The van der Waals surface area contributed by atoms with Gasteiger partial charge >= 0.3 is 0 Å². The molecule has 0 aliphatic rings. The number of nitrogens with one attached hydrogen (secondary N) is 2. The Morgan fingerprint density at radius 1 is 0.550 bits per heavy atom. The van der Waals surface area contributed by atoms with Gasteiger partial charge in [-0.2, -0.15) is 0 Å². The van der Waals surface area contributed by atoms with Crippen molar-refractivity contribution in [2.24, 2.45) is 0 Å². The van der Waals surface area contributed by atoms with Gasteiger partial charge in [-0.1, -0.05) is 98.1 Å². The number of unbranched alkanes of at least 4 members (excludes halogenated alkanes) is 4. The quantitative estimate of drug-likeness (QED) is 0.166. The first-order chi connectivity index (χ1) is 19.6. The fraction of sp³-hybridized carbons (Fsp3) is 0.389. The van der Waals surface area contributed by atoms with E-state index in [0.717, 1.165) is 60.4 Å². The smallest absolute Gasteiger partial charge is 0.140 e. The third kappa shape index (κ3) is 11.8. The summed E-state index contributed by atoms with van der Waals surface area (Å²) in [6.07, 6.45) is 7.36. The highest BCUT2D eigenvalue weighted by atomic mass is 35.5. The largest absolute Gasteiger partial charge is 0.321 e. The number of halogens is 2. The van der Waals surface area contributed by atoms with Crippen molar-refractivity contribution >= 4 is 23.2 Å². The number of benzene rings is 3. The summed E-state index contributed by atoms with van der Waals surface area (Å²) in [5, 5.41) is 1.68. The van der Waals surface area contributed by atoms with E-state index in [1.54, 1.807) is 0 Å². The number of hydrogen-bond acceptors (Lipinski definition) is 0. The number of hydrogen-bond donors (Lipinski definition) is 2. The van der Waals surface area contributed by atoms with Gasteiger partial charge in [-0.15, -0.1) is 0 Å². The number of rotatable bonds is 14. The Kier molecular flexibility index (Phi) is 14.8. The molecule has 0 saturated heterocycles. The molecule has 3 rings (SSSR count). The van der Waals surface area contributed by atoms with Gasteiger partial charge in [0.15, 0.2) is 0 Å². The van der Waals surface area contributed by atoms with Crippen molar-refractivity contribution in [2.45, 2.75) is 65.5 Å². The molecule has 2 atom stereocenters. The summed E-state index contributed by atoms with van der Waals surface area (Å²) in [4.78, 5) is 2.92. The third-order valence-corrected chi connectivity index (χ3v) is 7.83. The van der Waals surface area contributed by atoms with Gasteiger partial charge in [0, 0.05) is 32.3 Å². The normalized spacial score (nSPS) is 12.1. The summed E-state index contributed by atoms with van der Waals surface area (Å²) in [5.41, 5.74) is 4.44. The Hall–Kier alpha value is -2.72. The molecule has 3 aromatic rings. The highest BCUT2D eigenvalue weighted by Gasteiger charge is 2.11. The van der Waals surface area contributed by atoms with Gasteiger partial charge < -0.3 is 9.80 Å². The van der Waals surface area contributed by atoms with Crippen LogP contribution >= 0.6 is 23.2 Å². The molecule has 0 saturated carbocycles. The summed E-state index contributed by atoms with van der Waals surface area (Å²) in [5.74, 6) is 13.6. The average Bonchev–Trinajstić information content (AvgIpc) is 2.96. The standard InChI is InChI=1S/C36H42Cl2N2/c1-3-5-11-25-39(29-33-17-7-9-19-35(33)37)27-13-15-31-21-23-32(24-22-31)16-14-28-40(26-12-6-4-2)30-34-18-8-10-20-36(34)38/h7-10,17-24H,3-6,11-12,25-30H2,1-2H3/p+2. The fourth-order valence-electron chi connectivity index (χ4n) is 4.73. The lowest BCUT2D eigenvalue weighted by Gasteiger charge is -2.17. The van der Waals surface area contributed by atoms with Crippen LogP contribution in [0.25, 0.3) is 0 Å². The van der Waals surface area contributed by atoms with Gasteiger partial charge in [0.05, 0.1) is 13.1 Å². The molecule has 0 aliphatic heterocycles. The zero-order valence-electron chi connectivity index (χ0n) is 24.2. The average molecular weight is 576 g/mol. The predicted molar refractivity (Wildman–Crippen MR) is 171 cm³/mol. The van der Waals surface area contributed by atoms with Gasteiger partial charge in [-0.3, -0.25) is 0 Å². The summed E-state index contributed by atoms with van der Waals surface area (Å²) >= 11 is 12.9. The first-order valence-corrected chi connectivity index (χ1v) is 15.6. The molecule has 2 unspecified atom stereocenters. The van der Waals surface area contributed by atoms with E-state index in [0.29, 0.717) is 0 Å². The predicted octanol–water partition coefficient (Wildman–Crippen LogP) is 6.25. The molecule has 0 aromatic heterocycles. The molecule has 0 aliphatic carbocycles. The first-order valence-electron chi connectivity index (χ1n) is 14.8. The summed E-state index contributed by atoms with van der Waals surface area (Å²) in [6, 6.07) is 24.6. The van der Waals surface area contributed by atoms with Crippen molar-refractivity contribution in [3.8, 4) is 23.7 Å². The van der Waals surface area contributed by atoms with Crippen LogP contribution < -0.4 is 9.80 Å². The Morgan fingerprint density at radius 2 is 0.950 bits per heavy atom. The van der Waals surface area contributed by atoms with E-state index in [2.05, 4.69) is 86.1 Å². The molecule has 2 N–H and O–H groups in total. The zero-order valence-corrected chi connectivity index (χ0v) is 25.7. The summed E-state index contributed by atoms with van der Waals surface area (Å²) in [6.45, 7) is 10.1. The molecule has 0 spiro atoms. The molecule has 0 bridgehead atoms. The van der Waals surface area contributed by atoms with E-state index in [4.69, 9.17) is 23.2 Å². The van der Waals surface area contributed by atoms with Crippen LogP contribution in [0.3, 0.4) is 0 Å². The first kappa shape index (κ1) is 31.8. The van der Waals surface area contributed by atoms with Crippen LogP contribution in [0, 0.1) is 23.7 Å². The summed E-state index contributed by atoms with van der Waals surface area (Å²) < 4.78 is 0. The van der Waals surface area contributed by atoms with Crippen LogP contribution in [-0.2, 0) is 13.1 Å². The van der Waals surface area contributed by atoms with Crippen molar-refractivity contribution in [3.05, 3.63) is 105 Å². The van der Waals surface area contributed by atoms with E-state index < -0.39 is 0 Å². The topological polar surface area (TPSA) is 8.88 Å². The lowest BCUT2D eigenvalue weighted by Crippen LogP contribution is -3.10. The second-order valence-electron chi connectivity index (χ2n) is 10.5.